The quantitative estimate of drug-likeness (QED) is 0.0486. The van der Waals surface area contributed by atoms with E-state index in [1.54, 1.807) is 24.3 Å². The molecule has 20 aromatic rings. The number of anilines is 2. The third-order valence-electron chi connectivity index (χ3n) is 25.5. The summed E-state index contributed by atoms with van der Waals surface area (Å²) in [5, 5.41) is 38.6. The van der Waals surface area contributed by atoms with E-state index in [-0.39, 0.29) is 73.5 Å². The first kappa shape index (κ1) is 104. The van der Waals surface area contributed by atoms with Crippen molar-refractivity contribution in [3.8, 4) is 11.3 Å². The largest absolute Gasteiger partial charge is 0.494 e. The Hall–Kier alpha value is -14.2. The summed E-state index contributed by atoms with van der Waals surface area (Å²) in [7, 11) is -2.17. The van der Waals surface area contributed by atoms with Gasteiger partial charge in [-0.25, -0.2) is 10.2 Å². The Bertz CT molecular complexity index is 6730. The summed E-state index contributed by atoms with van der Waals surface area (Å²) in [6, 6.07) is 176. The van der Waals surface area contributed by atoms with E-state index in [1.807, 2.05) is 125 Å². The maximum atomic E-state index is 12.7. The molecule has 2 aliphatic carbocycles. The van der Waals surface area contributed by atoms with E-state index in [4.69, 9.17) is 20.9 Å². The van der Waals surface area contributed by atoms with Gasteiger partial charge in [-0.15, -0.1) is 0 Å². The van der Waals surface area contributed by atoms with E-state index in [0.717, 1.165) is 53.5 Å². The molecule has 0 radical (unpaired) electrons. The van der Waals surface area contributed by atoms with Crippen LogP contribution in [0.15, 0.2) is 519 Å². The van der Waals surface area contributed by atoms with Gasteiger partial charge < -0.3 is 19.9 Å². The van der Waals surface area contributed by atoms with Gasteiger partial charge in [-0.1, -0.05) is 485 Å². The Morgan fingerprint density at radius 1 is 0.283 bits per heavy atom. The van der Waals surface area contributed by atoms with Gasteiger partial charge in [-0.3, -0.25) is 19.2 Å². The van der Waals surface area contributed by atoms with Crippen LogP contribution in [0, 0.1) is 11.8 Å². The first-order valence-corrected chi connectivity index (χ1v) is 54.0. The molecule has 1 saturated heterocycles. The van der Waals surface area contributed by atoms with E-state index in [0.29, 0.717) is 27.0 Å². The van der Waals surface area contributed by atoms with Crippen LogP contribution in [0.25, 0.3) is 32.8 Å². The van der Waals surface area contributed by atoms with Crippen LogP contribution in [0.5, 0.6) is 0 Å². The number of aromatic amines is 2. The smallest absolute Gasteiger partial charge is 0.399 e. The molecule has 145 heavy (non-hydrogen) atoms. The summed E-state index contributed by atoms with van der Waals surface area (Å²) in [5.41, 5.74) is 8.07. The topological polar surface area (TPSA) is 168 Å². The fourth-order valence-electron chi connectivity index (χ4n) is 17.5. The maximum absolute atomic E-state index is 12.7. The van der Waals surface area contributed by atoms with Crippen molar-refractivity contribution in [3.63, 3.8) is 0 Å². The van der Waals surface area contributed by atoms with Crippen molar-refractivity contribution >= 4 is 164 Å². The van der Waals surface area contributed by atoms with Gasteiger partial charge in [0.15, 0.2) is 5.15 Å². The summed E-state index contributed by atoms with van der Waals surface area (Å²) < 4.78 is 12.2. The zero-order valence-corrected chi connectivity index (χ0v) is 86.8. The van der Waals surface area contributed by atoms with Gasteiger partial charge in [0.25, 0.3) is 11.1 Å². The predicted molar refractivity (Wildman–Crippen MR) is 610 cm³/mol. The van der Waals surface area contributed by atoms with Crippen molar-refractivity contribution in [2.24, 2.45) is 11.8 Å². The Morgan fingerprint density at radius 3 is 0.738 bits per heavy atom. The molecule has 720 valence electrons. The number of hydrogen-bond donors (Lipinski definition) is 4. The SMILES string of the molecule is CC1(C)OB(c2ccc(NC(=O)C3Cc4ccccc4C3)cc2)OC1(C)C.O=C(Nc1ccc(-c2n[nH]c(=O)c3ccccc23)cc1)C1Cc2ccccc2C1.O=c1[nH]nc(Cl)c2ccccc12.[Pd].c1ccc(P(c2ccccc2)c2ccccc2)cc1.c1ccc(P(c2ccccc2)c2ccccc2)cc1.c1ccc(P(c2ccccc2)c2ccccc2)cc1.c1ccc(P(c2ccccc2)c2ccccc2)cc1. The Kier molecular flexibility index (Phi) is 36.7. The number of nitrogens with zero attached hydrogens (tertiary/aromatic N) is 2. The molecular formula is C126H110BClN6O6P4Pd. The molecule has 2 aromatic heterocycles. The number of nitrogens with one attached hydrogen (secondary N) is 4. The predicted octanol–water partition coefficient (Wildman–Crippen LogP) is 22.6. The van der Waals surface area contributed by atoms with Gasteiger partial charge in [0.05, 0.1) is 27.7 Å². The van der Waals surface area contributed by atoms with Gasteiger partial charge in [-0.05, 0) is 213 Å². The van der Waals surface area contributed by atoms with Crippen molar-refractivity contribution in [2.45, 2.75) is 64.6 Å². The molecule has 0 atom stereocenters. The summed E-state index contributed by atoms with van der Waals surface area (Å²) in [4.78, 5) is 48.5. The summed E-state index contributed by atoms with van der Waals surface area (Å²) in [5.74, 6) is 0.0956. The molecule has 2 amide bonds. The summed E-state index contributed by atoms with van der Waals surface area (Å²) >= 11 is 5.75. The van der Waals surface area contributed by atoms with Gasteiger partial charge in [0, 0.05) is 60.0 Å². The average molecular weight is 2080 g/mol. The van der Waals surface area contributed by atoms with Crippen LogP contribution < -0.4 is 90.9 Å². The first-order valence-electron chi connectivity index (χ1n) is 48.3. The van der Waals surface area contributed by atoms with Gasteiger partial charge >= 0.3 is 7.12 Å². The zero-order chi connectivity index (χ0) is 99.2. The van der Waals surface area contributed by atoms with E-state index < -0.39 is 31.7 Å². The minimum Gasteiger partial charge on any atom is -0.399 e. The number of rotatable bonds is 18. The van der Waals surface area contributed by atoms with Crippen LogP contribution in [0.3, 0.4) is 0 Å². The number of benzene rings is 18. The number of halogens is 1. The second-order valence-corrected chi connectivity index (χ2v) is 45.0. The van der Waals surface area contributed by atoms with Crippen LogP contribution in [-0.4, -0.2) is 50.5 Å². The number of hydrogen-bond acceptors (Lipinski definition) is 8. The molecule has 3 heterocycles. The van der Waals surface area contributed by atoms with E-state index in [1.165, 1.54) is 85.9 Å². The minimum atomic E-state index is -0.446. The molecule has 0 spiro atoms. The number of carbonyl (C=O) groups is 2. The average Bonchev–Trinajstić information content (AvgIpc) is 1.66. The minimum absolute atomic E-state index is 0. The molecule has 0 unspecified atom stereocenters. The number of amides is 2. The van der Waals surface area contributed by atoms with E-state index in [2.05, 4.69) is 419 Å². The van der Waals surface area contributed by atoms with E-state index in [9.17, 15) is 19.2 Å². The fraction of sp³-hybridized carbons (Fsp3) is 0.0952. The molecular weight excluding hydrogens is 1970 g/mol. The van der Waals surface area contributed by atoms with Crippen LogP contribution in [-0.2, 0) is 65.0 Å². The van der Waals surface area contributed by atoms with Gasteiger partial charge in [-0.2, -0.15) is 10.2 Å². The van der Waals surface area contributed by atoms with E-state index >= 15 is 0 Å². The standard InChI is InChI=1S/C24H19N3O2.C22H26BNO3.4C18H15P.C8H5ClN2O.Pd/c28-23(18-13-16-5-1-2-6-17(16)14-18)25-19-11-9-15(10-12-19)22-20-7-3-4-8-21(20)24(29)27-26-22;1-21(2)22(3,4)27-23(26-21)18-9-11-19(12-10-18)24-20(25)17-13-15-7-5-6-8-16(15)14-17;4*1-4-10-16(11-5-1)19(17-12-6-2-7-13-17)18-14-8-3-9-15-18;9-7-5-3-1-2-4-6(5)8(12)11-10-7;/h1-12,18H,13-14H2,(H,25,28)(H,27,29);5-12,17H,13-14H2,1-4H3,(H,24,25);4*1-15H;1-4H,(H,11,12);. The molecule has 18 aromatic carbocycles. The molecule has 4 N–H and O–H groups in total. The molecule has 23 rings (SSSR count). The Balaban J connectivity index is 0.000000123. The van der Waals surface area contributed by atoms with Gasteiger partial charge in [0.2, 0.25) is 11.8 Å². The third-order valence-corrected chi connectivity index (χ3v) is 35.6. The first-order chi connectivity index (χ1) is 70.5. The molecule has 0 saturated carbocycles. The molecule has 3 aliphatic rings. The molecule has 1 aliphatic heterocycles. The Labute approximate surface area is 873 Å². The van der Waals surface area contributed by atoms with Crippen LogP contribution in [0.4, 0.5) is 11.4 Å². The molecule has 0 bridgehead atoms. The molecule has 1 fully saturated rings. The van der Waals surface area contributed by atoms with Crippen molar-refractivity contribution in [1.82, 2.24) is 20.4 Å². The number of fused-ring (bicyclic) bond motifs is 4. The number of carbonyl (C=O) groups excluding carboxylic acids is 2. The molecule has 12 nitrogen and oxygen atoms in total. The summed E-state index contributed by atoms with van der Waals surface area (Å²) in [6.07, 6.45) is 3.20. The van der Waals surface area contributed by atoms with Crippen molar-refractivity contribution in [3.05, 3.63) is 558 Å². The van der Waals surface area contributed by atoms with Crippen molar-refractivity contribution in [2.75, 3.05) is 10.6 Å². The van der Waals surface area contributed by atoms with Crippen LogP contribution in [0.1, 0.15) is 49.9 Å². The fourth-order valence-corrected chi connectivity index (χ4v) is 26.9. The van der Waals surface area contributed by atoms with Crippen molar-refractivity contribution < 1.29 is 39.3 Å². The monoisotopic (exact) mass is 2080 g/mol. The second-order valence-electron chi connectivity index (χ2n) is 35.7. The third kappa shape index (κ3) is 27.3. The second kappa shape index (κ2) is 51.4. The van der Waals surface area contributed by atoms with Crippen molar-refractivity contribution in [1.29, 1.82) is 0 Å². The number of H-pyrrole nitrogens is 2. The maximum Gasteiger partial charge on any atom is 0.494 e. The zero-order valence-electron chi connectivity index (χ0n) is 80.9. The summed E-state index contributed by atoms with van der Waals surface area (Å²) in [6.45, 7) is 8.17. The Morgan fingerprint density at radius 2 is 0.490 bits per heavy atom. The normalized spacial score (nSPS) is 12.9. The number of aromatic nitrogens is 4. The molecule has 19 heteroatoms. The van der Waals surface area contributed by atoms with Crippen LogP contribution in [0.2, 0.25) is 5.15 Å². The van der Waals surface area contributed by atoms with Gasteiger partial charge in [0.1, 0.15) is 0 Å². The van der Waals surface area contributed by atoms with Crippen LogP contribution >= 0.6 is 43.3 Å².